The van der Waals surface area contributed by atoms with Crippen LogP contribution in [0.5, 0.6) is 0 Å². The summed E-state index contributed by atoms with van der Waals surface area (Å²) in [4.78, 5) is 11.0. The molecule has 1 unspecified atom stereocenters. The molecule has 0 spiro atoms. The summed E-state index contributed by atoms with van der Waals surface area (Å²) in [6, 6.07) is 0.416. The van der Waals surface area contributed by atoms with Gasteiger partial charge in [-0.3, -0.25) is 4.79 Å². The zero-order chi connectivity index (χ0) is 12.0. The molecule has 3 rings (SSSR count). The van der Waals surface area contributed by atoms with E-state index in [2.05, 4.69) is 17.2 Å². The Bertz CT molecular complexity index is 445. The van der Waals surface area contributed by atoms with Gasteiger partial charge in [0.1, 0.15) is 0 Å². The largest absolute Gasteiger partial charge is 0.369 e. The van der Waals surface area contributed by atoms with Gasteiger partial charge in [-0.05, 0) is 38.5 Å². The minimum Gasteiger partial charge on any atom is -0.369 e. The van der Waals surface area contributed by atoms with Gasteiger partial charge >= 0.3 is 0 Å². The van der Waals surface area contributed by atoms with Gasteiger partial charge in [-0.15, -0.1) is 5.10 Å². The lowest BCUT2D eigenvalue weighted by Gasteiger charge is -2.14. The van der Waals surface area contributed by atoms with Crippen molar-refractivity contribution in [1.29, 1.82) is 0 Å². The lowest BCUT2D eigenvalue weighted by molar-refractivity contribution is -0.117. The normalized spacial score (nSPS) is 21.5. The van der Waals surface area contributed by atoms with Gasteiger partial charge in [-0.1, -0.05) is 5.21 Å². The fraction of sp³-hybridized carbons (Fsp3) is 0.750. The van der Waals surface area contributed by atoms with Crippen LogP contribution in [-0.4, -0.2) is 20.9 Å². The van der Waals surface area contributed by atoms with Gasteiger partial charge in [0.25, 0.3) is 0 Å². The molecule has 0 saturated heterocycles. The quantitative estimate of drug-likeness (QED) is 0.830. The van der Waals surface area contributed by atoms with E-state index in [1.807, 2.05) is 4.68 Å². The average Bonchev–Trinajstić information content (AvgIpc) is 3.15. The molecule has 1 amide bonds. The maximum atomic E-state index is 11.0. The average molecular weight is 234 g/mol. The van der Waals surface area contributed by atoms with Crippen molar-refractivity contribution >= 4 is 5.91 Å². The maximum absolute atomic E-state index is 11.0. The van der Waals surface area contributed by atoms with Crippen LogP contribution >= 0.6 is 0 Å². The van der Waals surface area contributed by atoms with Gasteiger partial charge in [0.2, 0.25) is 5.91 Å². The topological polar surface area (TPSA) is 73.8 Å². The monoisotopic (exact) mass is 234 g/mol. The molecule has 0 aliphatic heterocycles. The molecule has 2 fully saturated rings. The lowest BCUT2D eigenvalue weighted by atomic mass is 10.1. The molecule has 1 atom stereocenters. The standard InChI is InChI=1S/C12H18N4O/c1-7(8-2-3-8)16-12(9-4-5-9)10(14-15-16)6-11(13)17/h7-9H,2-6H2,1H3,(H2,13,17). The third-order valence-corrected chi connectivity index (χ3v) is 3.80. The number of amides is 1. The molecule has 2 aliphatic carbocycles. The molecule has 1 aromatic rings. The first-order valence-corrected chi connectivity index (χ1v) is 6.39. The Hall–Kier alpha value is -1.39. The molecule has 1 aromatic heterocycles. The Morgan fingerprint density at radius 1 is 1.47 bits per heavy atom. The van der Waals surface area contributed by atoms with Crippen molar-refractivity contribution in [1.82, 2.24) is 15.0 Å². The summed E-state index contributed by atoms with van der Waals surface area (Å²) in [5, 5.41) is 8.41. The van der Waals surface area contributed by atoms with Gasteiger partial charge in [0.05, 0.1) is 23.9 Å². The van der Waals surface area contributed by atoms with Crippen LogP contribution in [0, 0.1) is 5.92 Å². The van der Waals surface area contributed by atoms with Crippen LogP contribution in [0.25, 0.3) is 0 Å². The van der Waals surface area contributed by atoms with Gasteiger partial charge < -0.3 is 5.73 Å². The van der Waals surface area contributed by atoms with E-state index in [0.29, 0.717) is 12.0 Å². The van der Waals surface area contributed by atoms with Crippen molar-refractivity contribution in [2.24, 2.45) is 11.7 Å². The van der Waals surface area contributed by atoms with Crippen molar-refractivity contribution in [3.63, 3.8) is 0 Å². The van der Waals surface area contributed by atoms with E-state index in [1.54, 1.807) is 0 Å². The van der Waals surface area contributed by atoms with E-state index in [-0.39, 0.29) is 12.3 Å². The van der Waals surface area contributed by atoms with E-state index in [9.17, 15) is 4.79 Å². The van der Waals surface area contributed by atoms with Crippen molar-refractivity contribution in [2.75, 3.05) is 0 Å². The summed E-state index contributed by atoms with van der Waals surface area (Å²) in [5.74, 6) is 0.981. The molecular formula is C12H18N4O. The predicted molar refractivity (Wildman–Crippen MR) is 62.3 cm³/mol. The fourth-order valence-corrected chi connectivity index (χ4v) is 2.48. The van der Waals surface area contributed by atoms with Crippen LogP contribution in [0.2, 0.25) is 0 Å². The van der Waals surface area contributed by atoms with Crippen LogP contribution in [0.4, 0.5) is 0 Å². The van der Waals surface area contributed by atoms with Crippen LogP contribution in [0.1, 0.15) is 56.0 Å². The molecule has 17 heavy (non-hydrogen) atoms. The van der Waals surface area contributed by atoms with E-state index in [0.717, 1.165) is 11.6 Å². The van der Waals surface area contributed by atoms with Crippen molar-refractivity contribution in [3.8, 4) is 0 Å². The molecule has 0 bridgehead atoms. The van der Waals surface area contributed by atoms with E-state index in [1.165, 1.54) is 31.4 Å². The number of hydrogen-bond donors (Lipinski definition) is 1. The molecule has 0 radical (unpaired) electrons. The Balaban J connectivity index is 1.91. The van der Waals surface area contributed by atoms with Gasteiger partial charge in [0, 0.05) is 5.92 Å². The molecule has 2 aliphatic rings. The van der Waals surface area contributed by atoms with Crippen molar-refractivity contribution < 1.29 is 4.79 Å². The molecule has 92 valence electrons. The number of primary amides is 1. The minimum atomic E-state index is -0.321. The van der Waals surface area contributed by atoms with Crippen LogP contribution in [0.15, 0.2) is 0 Å². The Morgan fingerprint density at radius 3 is 2.71 bits per heavy atom. The number of aromatic nitrogens is 3. The zero-order valence-electron chi connectivity index (χ0n) is 10.1. The third-order valence-electron chi connectivity index (χ3n) is 3.80. The highest BCUT2D eigenvalue weighted by atomic mass is 16.1. The maximum Gasteiger partial charge on any atom is 0.223 e. The first-order valence-electron chi connectivity index (χ1n) is 6.39. The van der Waals surface area contributed by atoms with Crippen LogP contribution in [0.3, 0.4) is 0 Å². The number of rotatable bonds is 5. The number of nitrogens with zero attached hydrogens (tertiary/aromatic N) is 3. The molecular weight excluding hydrogens is 216 g/mol. The summed E-state index contributed by atoms with van der Waals surface area (Å²) < 4.78 is 2.05. The summed E-state index contributed by atoms with van der Waals surface area (Å²) >= 11 is 0. The first kappa shape index (κ1) is 10.7. The summed E-state index contributed by atoms with van der Waals surface area (Å²) in [6.45, 7) is 2.20. The van der Waals surface area contributed by atoms with E-state index < -0.39 is 0 Å². The van der Waals surface area contributed by atoms with Crippen LogP contribution in [-0.2, 0) is 11.2 Å². The zero-order valence-corrected chi connectivity index (χ0v) is 10.1. The Morgan fingerprint density at radius 2 is 2.18 bits per heavy atom. The van der Waals surface area contributed by atoms with Gasteiger partial charge in [0.15, 0.2) is 0 Å². The highest BCUT2D eigenvalue weighted by Crippen LogP contribution is 2.45. The Kier molecular flexibility index (Phi) is 2.42. The van der Waals surface area contributed by atoms with Gasteiger partial charge in [-0.2, -0.15) is 0 Å². The SMILES string of the molecule is CC(C1CC1)n1nnc(CC(N)=O)c1C1CC1. The van der Waals surface area contributed by atoms with Gasteiger partial charge in [-0.25, -0.2) is 4.68 Å². The van der Waals surface area contributed by atoms with Crippen molar-refractivity contribution in [3.05, 3.63) is 11.4 Å². The molecule has 2 N–H and O–H groups in total. The molecule has 5 nitrogen and oxygen atoms in total. The third kappa shape index (κ3) is 2.06. The second-order valence-electron chi connectivity index (χ2n) is 5.36. The first-order chi connectivity index (χ1) is 8.16. The summed E-state index contributed by atoms with van der Waals surface area (Å²) in [5.41, 5.74) is 7.22. The highest BCUT2D eigenvalue weighted by molar-refractivity contribution is 5.76. The minimum absolute atomic E-state index is 0.225. The lowest BCUT2D eigenvalue weighted by Crippen LogP contribution is -2.16. The van der Waals surface area contributed by atoms with E-state index in [4.69, 9.17) is 5.73 Å². The van der Waals surface area contributed by atoms with E-state index >= 15 is 0 Å². The second kappa shape index (κ2) is 3.82. The number of carbonyl (C=O) groups excluding carboxylic acids is 1. The number of carbonyl (C=O) groups is 1. The van der Waals surface area contributed by atoms with Crippen LogP contribution < -0.4 is 5.73 Å². The summed E-state index contributed by atoms with van der Waals surface area (Å²) in [7, 11) is 0. The number of nitrogens with two attached hydrogens (primary N) is 1. The Labute approximate surface area is 100 Å². The molecule has 2 saturated carbocycles. The predicted octanol–water partition coefficient (Wildman–Crippen LogP) is 1.15. The highest BCUT2D eigenvalue weighted by Gasteiger charge is 2.37. The fourth-order valence-electron chi connectivity index (χ4n) is 2.48. The second-order valence-corrected chi connectivity index (χ2v) is 5.36. The molecule has 5 heteroatoms. The summed E-state index contributed by atoms with van der Waals surface area (Å²) in [6.07, 6.45) is 5.18. The molecule has 0 aromatic carbocycles. The molecule has 1 heterocycles. The number of hydrogen-bond acceptors (Lipinski definition) is 3. The smallest absolute Gasteiger partial charge is 0.223 e. The van der Waals surface area contributed by atoms with Crippen molar-refractivity contribution in [2.45, 2.75) is 51.0 Å².